The van der Waals surface area contributed by atoms with E-state index in [4.69, 9.17) is 9.47 Å². The molecule has 0 fully saturated rings. The molecule has 106 valence electrons. The summed E-state index contributed by atoms with van der Waals surface area (Å²) in [6, 6.07) is 7.52. The lowest BCUT2D eigenvalue weighted by Gasteiger charge is -2.09. The molecule has 20 heavy (non-hydrogen) atoms. The van der Waals surface area contributed by atoms with Crippen molar-refractivity contribution in [2.24, 2.45) is 0 Å². The van der Waals surface area contributed by atoms with Gasteiger partial charge >= 0.3 is 5.97 Å². The van der Waals surface area contributed by atoms with Gasteiger partial charge in [-0.1, -0.05) is 36.9 Å². The standard InChI is InChI=1S/C17H20O3/c1-4-9-15(17(18)19-6-3)13-14-10-7-8-11-16(14)20-12-5-2/h4-5,7-8,10-11,13H,1-2,6,9,12H2,3H3/b15-13+. The fraction of sp³-hybridized carbons (Fsp3) is 0.235. The van der Waals surface area contributed by atoms with Crippen molar-refractivity contribution in [1.29, 1.82) is 0 Å². The summed E-state index contributed by atoms with van der Waals surface area (Å²) in [5, 5.41) is 0. The van der Waals surface area contributed by atoms with Crippen LogP contribution < -0.4 is 4.74 Å². The van der Waals surface area contributed by atoms with Gasteiger partial charge in [-0.3, -0.25) is 0 Å². The van der Waals surface area contributed by atoms with Crippen molar-refractivity contribution in [3.05, 3.63) is 60.7 Å². The van der Waals surface area contributed by atoms with E-state index in [1.807, 2.05) is 24.3 Å². The number of para-hydroxylation sites is 1. The first-order valence-corrected chi connectivity index (χ1v) is 6.54. The number of carbonyl (C=O) groups excluding carboxylic acids is 1. The largest absolute Gasteiger partial charge is 0.489 e. The molecule has 0 saturated heterocycles. The van der Waals surface area contributed by atoms with Gasteiger partial charge in [0, 0.05) is 11.1 Å². The molecule has 0 N–H and O–H groups in total. The Morgan fingerprint density at radius 1 is 1.25 bits per heavy atom. The molecule has 0 radical (unpaired) electrons. The van der Waals surface area contributed by atoms with E-state index in [2.05, 4.69) is 13.2 Å². The molecular weight excluding hydrogens is 252 g/mol. The first kappa shape index (κ1) is 15.8. The topological polar surface area (TPSA) is 35.5 Å². The highest BCUT2D eigenvalue weighted by Crippen LogP contribution is 2.22. The number of benzene rings is 1. The van der Waals surface area contributed by atoms with E-state index in [0.717, 1.165) is 5.56 Å². The third-order valence-electron chi connectivity index (χ3n) is 2.51. The second-order valence-corrected chi connectivity index (χ2v) is 4.02. The van der Waals surface area contributed by atoms with Crippen LogP contribution in [-0.2, 0) is 9.53 Å². The van der Waals surface area contributed by atoms with E-state index in [0.29, 0.717) is 31.0 Å². The number of rotatable bonds is 8. The van der Waals surface area contributed by atoms with Gasteiger partial charge in [0.1, 0.15) is 12.4 Å². The van der Waals surface area contributed by atoms with Gasteiger partial charge < -0.3 is 9.47 Å². The van der Waals surface area contributed by atoms with Crippen LogP contribution in [0.15, 0.2) is 55.1 Å². The van der Waals surface area contributed by atoms with Gasteiger partial charge in [0.15, 0.2) is 0 Å². The lowest BCUT2D eigenvalue weighted by molar-refractivity contribution is -0.138. The van der Waals surface area contributed by atoms with Crippen molar-refractivity contribution < 1.29 is 14.3 Å². The summed E-state index contributed by atoms with van der Waals surface area (Å²) in [6.45, 7) is 9.83. The Balaban J connectivity index is 3.06. The van der Waals surface area contributed by atoms with Crippen molar-refractivity contribution >= 4 is 12.0 Å². The molecule has 0 heterocycles. The van der Waals surface area contributed by atoms with E-state index in [9.17, 15) is 4.79 Å². The maximum atomic E-state index is 11.9. The summed E-state index contributed by atoms with van der Waals surface area (Å²) in [5.74, 6) is 0.379. The Kier molecular flexibility index (Phi) is 6.90. The van der Waals surface area contributed by atoms with Crippen LogP contribution in [0, 0.1) is 0 Å². The van der Waals surface area contributed by atoms with Gasteiger partial charge in [-0.15, -0.1) is 6.58 Å². The van der Waals surface area contributed by atoms with Gasteiger partial charge in [-0.25, -0.2) is 4.79 Å². The molecule has 0 amide bonds. The summed E-state index contributed by atoms with van der Waals surface area (Å²) in [4.78, 5) is 11.9. The first-order valence-electron chi connectivity index (χ1n) is 6.54. The second-order valence-electron chi connectivity index (χ2n) is 4.02. The minimum absolute atomic E-state index is 0.328. The molecule has 0 saturated carbocycles. The molecule has 0 bridgehead atoms. The van der Waals surface area contributed by atoms with Crippen molar-refractivity contribution in [2.75, 3.05) is 13.2 Å². The molecular formula is C17H20O3. The fourth-order valence-electron chi connectivity index (χ4n) is 1.65. The van der Waals surface area contributed by atoms with Crippen molar-refractivity contribution in [3.8, 4) is 5.75 Å². The molecule has 0 aromatic heterocycles. The Morgan fingerprint density at radius 3 is 2.65 bits per heavy atom. The van der Waals surface area contributed by atoms with Crippen LogP contribution >= 0.6 is 0 Å². The van der Waals surface area contributed by atoms with Crippen molar-refractivity contribution in [3.63, 3.8) is 0 Å². The average molecular weight is 272 g/mol. The number of ether oxygens (including phenoxy) is 2. The maximum Gasteiger partial charge on any atom is 0.334 e. The van der Waals surface area contributed by atoms with Crippen molar-refractivity contribution in [1.82, 2.24) is 0 Å². The van der Waals surface area contributed by atoms with E-state index in [-0.39, 0.29) is 5.97 Å². The zero-order chi connectivity index (χ0) is 14.8. The van der Waals surface area contributed by atoms with Crippen LogP contribution in [0.2, 0.25) is 0 Å². The third-order valence-corrected chi connectivity index (χ3v) is 2.51. The first-order chi connectivity index (χ1) is 9.72. The van der Waals surface area contributed by atoms with E-state index in [1.54, 1.807) is 25.2 Å². The Bertz CT molecular complexity index is 501. The van der Waals surface area contributed by atoms with Gasteiger partial charge in [0.25, 0.3) is 0 Å². The number of esters is 1. The number of hydrogen-bond acceptors (Lipinski definition) is 3. The SMILES string of the molecule is C=CCOc1ccccc1/C=C(\CC=C)C(=O)OCC. The van der Waals surface area contributed by atoms with Crippen LogP contribution in [0.25, 0.3) is 6.08 Å². The summed E-state index contributed by atoms with van der Waals surface area (Å²) < 4.78 is 10.6. The maximum absolute atomic E-state index is 11.9. The molecule has 0 spiro atoms. The number of carbonyl (C=O) groups is 1. The smallest absolute Gasteiger partial charge is 0.334 e. The zero-order valence-corrected chi connectivity index (χ0v) is 11.8. The summed E-state index contributed by atoms with van der Waals surface area (Å²) >= 11 is 0. The normalized spacial score (nSPS) is 10.8. The lowest BCUT2D eigenvalue weighted by atomic mass is 10.1. The molecule has 0 atom stereocenters. The Hall–Kier alpha value is -2.29. The average Bonchev–Trinajstić information content (AvgIpc) is 2.46. The van der Waals surface area contributed by atoms with Gasteiger partial charge in [0.2, 0.25) is 0 Å². The number of hydrogen-bond donors (Lipinski definition) is 0. The van der Waals surface area contributed by atoms with Crippen LogP contribution in [0.4, 0.5) is 0 Å². The Labute approximate surface area is 120 Å². The van der Waals surface area contributed by atoms with Crippen LogP contribution in [-0.4, -0.2) is 19.2 Å². The predicted octanol–water partition coefficient (Wildman–Crippen LogP) is 3.77. The van der Waals surface area contributed by atoms with Crippen LogP contribution in [0.1, 0.15) is 18.9 Å². The summed E-state index contributed by atoms with van der Waals surface area (Å²) in [5.41, 5.74) is 1.38. The molecule has 1 rings (SSSR count). The van der Waals surface area contributed by atoms with Gasteiger partial charge in [-0.05, 0) is 25.5 Å². The minimum atomic E-state index is -0.328. The van der Waals surface area contributed by atoms with E-state index in [1.165, 1.54) is 0 Å². The zero-order valence-electron chi connectivity index (χ0n) is 11.8. The van der Waals surface area contributed by atoms with E-state index >= 15 is 0 Å². The quantitative estimate of drug-likeness (QED) is 0.410. The van der Waals surface area contributed by atoms with E-state index < -0.39 is 0 Å². The highest BCUT2D eigenvalue weighted by atomic mass is 16.5. The molecule has 1 aromatic carbocycles. The molecule has 0 aliphatic carbocycles. The van der Waals surface area contributed by atoms with Crippen LogP contribution in [0.5, 0.6) is 5.75 Å². The van der Waals surface area contributed by atoms with Crippen LogP contribution in [0.3, 0.4) is 0 Å². The Morgan fingerprint density at radius 2 is 2.00 bits per heavy atom. The summed E-state index contributed by atoms with van der Waals surface area (Å²) in [6.07, 6.45) is 5.58. The highest BCUT2D eigenvalue weighted by molar-refractivity contribution is 5.94. The lowest BCUT2D eigenvalue weighted by Crippen LogP contribution is -2.07. The van der Waals surface area contributed by atoms with Gasteiger partial charge in [0.05, 0.1) is 6.61 Å². The number of allylic oxidation sites excluding steroid dienone is 1. The monoisotopic (exact) mass is 272 g/mol. The molecule has 3 nitrogen and oxygen atoms in total. The van der Waals surface area contributed by atoms with Crippen molar-refractivity contribution in [2.45, 2.75) is 13.3 Å². The second kappa shape index (κ2) is 8.75. The molecule has 3 heteroatoms. The fourth-order valence-corrected chi connectivity index (χ4v) is 1.65. The molecule has 1 aromatic rings. The molecule has 0 unspecified atom stereocenters. The highest BCUT2D eigenvalue weighted by Gasteiger charge is 2.10. The third kappa shape index (κ3) is 4.76. The molecule has 0 aliphatic heterocycles. The molecule has 0 aliphatic rings. The predicted molar refractivity (Wildman–Crippen MR) is 81.6 cm³/mol. The summed E-state index contributed by atoms with van der Waals surface area (Å²) in [7, 11) is 0. The van der Waals surface area contributed by atoms with Gasteiger partial charge in [-0.2, -0.15) is 0 Å². The minimum Gasteiger partial charge on any atom is -0.489 e.